The molecule has 166 valence electrons. The largest absolute Gasteiger partial charge is 0.497 e. The molecule has 1 atom stereocenters. The first-order chi connectivity index (χ1) is 15.6. The number of nitrogens with one attached hydrogen (secondary N) is 1. The smallest absolute Gasteiger partial charge is 0.255 e. The first-order valence-electron chi connectivity index (χ1n) is 11.0. The van der Waals surface area contributed by atoms with Gasteiger partial charge in [-0.1, -0.05) is 25.0 Å². The zero-order valence-corrected chi connectivity index (χ0v) is 18.5. The van der Waals surface area contributed by atoms with Crippen molar-refractivity contribution in [1.82, 2.24) is 19.9 Å². The number of ether oxygens (including phenoxy) is 1. The van der Waals surface area contributed by atoms with E-state index in [2.05, 4.69) is 15.0 Å². The monoisotopic (exact) mass is 432 g/mol. The van der Waals surface area contributed by atoms with E-state index in [-0.39, 0.29) is 23.9 Å². The number of methoxy groups -OCH3 is 1. The van der Waals surface area contributed by atoms with Gasteiger partial charge in [-0.25, -0.2) is 4.98 Å². The van der Waals surface area contributed by atoms with Crippen molar-refractivity contribution < 1.29 is 9.53 Å². The Morgan fingerprint density at radius 2 is 2.00 bits per heavy atom. The van der Waals surface area contributed by atoms with Crippen LogP contribution >= 0.6 is 0 Å². The second kappa shape index (κ2) is 9.77. The van der Waals surface area contributed by atoms with Crippen LogP contribution in [0.1, 0.15) is 48.5 Å². The molecule has 1 N–H and O–H groups in total. The number of hydrogen-bond donors (Lipinski definition) is 1. The van der Waals surface area contributed by atoms with Crippen molar-refractivity contribution in [2.24, 2.45) is 0 Å². The maximum absolute atomic E-state index is 13.4. The number of aromatic nitrogens is 3. The molecule has 0 bridgehead atoms. The molecule has 7 heteroatoms. The highest BCUT2D eigenvalue weighted by Gasteiger charge is 2.28. The number of hydrogen-bond acceptors (Lipinski definition) is 5. The topological polar surface area (TPSA) is 88.2 Å². The highest BCUT2D eigenvalue weighted by atomic mass is 16.5. The zero-order valence-electron chi connectivity index (χ0n) is 18.5. The van der Waals surface area contributed by atoms with Crippen LogP contribution in [-0.4, -0.2) is 39.4 Å². The molecule has 1 fully saturated rings. The van der Waals surface area contributed by atoms with Gasteiger partial charge in [-0.05, 0) is 49.6 Å². The quantitative estimate of drug-likeness (QED) is 0.662. The molecular weight excluding hydrogens is 404 g/mol. The lowest BCUT2D eigenvalue weighted by Crippen LogP contribution is -2.37. The van der Waals surface area contributed by atoms with Gasteiger partial charge in [0.1, 0.15) is 11.6 Å². The number of carbonyl (C=O) groups excluding carboxylic acids is 1. The summed E-state index contributed by atoms with van der Waals surface area (Å²) in [6, 6.07) is 11.5. The van der Waals surface area contributed by atoms with Crippen LogP contribution in [0.15, 0.2) is 53.6 Å². The normalized spacial score (nSPS) is 16.4. The Morgan fingerprint density at radius 1 is 1.19 bits per heavy atom. The molecule has 32 heavy (non-hydrogen) atoms. The molecular formula is C25H28N4O3. The summed E-state index contributed by atoms with van der Waals surface area (Å²) < 4.78 is 5.27. The van der Waals surface area contributed by atoms with E-state index < -0.39 is 0 Å². The lowest BCUT2D eigenvalue weighted by atomic mass is 10.00. The molecule has 3 aromatic rings. The van der Waals surface area contributed by atoms with Crippen molar-refractivity contribution in [3.63, 3.8) is 0 Å². The van der Waals surface area contributed by atoms with Gasteiger partial charge in [-0.15, -0.1) is 0 Å². The molecule has 7 nitrogen and oxygen atoms in total. The van der Waals surface area contributed by atoms with Gasteiger partial charge in [-0.2, -0.15) is 0 Å². The predicted molar refractivity (Wildman–Crippen MR) is 122 cm³/mol. The predicted octanol–water partition coefficient (Wildman–Crippen LogP) is 3.84. The molecule has 0 radical (unpaired) electrons. The summed E-state index contributed by atoms with van der Waals surface area (Å²) in [5.74, 6) is 1.21. The van der Waals surface area contributed by atoms with Crippen molar-refractivity contribution in [1.29, 1.82) is 0 Å². The van der Waals surface area contributed by atoms with E-state index in [4.69, 9.17) is 4.74 Å². The number of pyridine rings is 1. The number of carbonyl (C=O) groups is 1. The Bertz CT molecular complexity index is 1130. The van der Waals surface area contributed by atoms with Crippen LogP contribution in [-0.2, 0) is 11.2 Å². The number of amides is 1. The highest BCUT2D eigenvalue weighted by Crippen LogP contribution is 2.31. The summed E-state index contributed by atoms with van der Waals surface area (Å²) in [7, 11) is 1.64. The van der Waals surface area contributed by atoms with Crippen LogP contribution in [0.25, 0.3) is 11.4 Å². The molecule has 0 aliphatic carbocycles. The first kappa shape index (κ1) is 21.7. The Morgan fingerprint density at radius 3 is 2.69 bits per heavy atom. The maximum atomic E-state index is 13.4. The summed E-state index contributed by atoms with van der Waals surface area (Å²) in [5, 5.41) is 0. The van der Waals surface area contributed by atoms with Gasteiger partial charge in [0, 0.05) is 35.8 Å². The van der Waals surface area contributed by atoms with E-state index in [0.29, 0.717) is 23.6 Å². The molecule has 1 amide bonds. The van der Waals surface area contributed by atoms with Gasteiger partial charge in [-0.3, -0.25) is 14.6 Å². The Balaban J connectivity index is 1.59. The summed E-state index contributed by atoms with van der Waals surface area (Å²) in [6.07, 6.45) is 7.39. The zero-order chi connectivity index (χ0) is 22.5. The van der Waals surface area contributed by atoms with Crippen LogP contribution in [0.2, 0.25) is 0 Å². The number of aryl methyl sites for hydroxylation is 1. The lowest BCUT2D eigenvalue weighted by Gasteiger charge is -2.31. The van der Waals surface area contributed by atoms with Crippen LogP contribution in [0.5, 0.6) is 5.75 Å². The summed E-state index contributed by atoms with van der Waals surface area (Å²) >= 11 is 0. The third-order valence-corrected chi connectivity index (χ3v) is 6.06. The molecule has 1 aliphatic heterocycles. The van der Waals surface area contributed by atoms with Gasteiger partial charge in [0.05, 0.1) is 19.6 Å². The summed E-state index contributed by atoms with van der Waals surface area (Å²) in [6.45, 7) is 2.47. The second-order valence-corrected chi connectivity index (χ2v) is 8.12. The standard InChI is InChI=1S/C25H28N4O3/c1-17-21(25(31)28-24(27-17)19-7-6-13-26-16-19)15-23(30)29-14-5-3-4-8-22(29)18-9-11-20(32-2)12-10-18/h6-7,9-13,16,22H,3-5,8,14-15H2,1-2H3,(H,27,28,31)/t22-/m0/s1. The number of rotatable bonds is 5. The minimum Gasteiger partial charge on any atom is -0.497 e. The highest BCUT2D eigenvalue weighted by molar-refractivity contribution is 5.79. The average Bonchev–Trinajstić information content (AvgIpc) is 3.08. The van der Waals surface area contributed by atoms with Crippen molar-refractivity contribution in [3.8, 4) is 17.1 Å². The molecule has 0 unspecified atom stereocenters. The number of nitrogens with zero attached hydrogens (tertiary/aromatic N) is 3. The molecule has 1 aliphatic rings. The van der Waals surface area contributed by atoms with Crippen LogP contribution in [0.4, 0.5) is 0 Å². The Labute approximate surface area is 187 Å². The molecule has 3 heterocycles. The van der Waals surface area contributed by atoms with Gasteiger partial charge < -0.3 is 14.6 Å². The fourth-order valence-electron chi connectivity index (χ4n) is 4.29. The van der Waals surface area contributed by atoms with Gasteiger partial charge >= 0.3 is 0 Å². The SMILES string of the molecule is COc1ccc([C@@H]2CCCCCN2C(=O)Cc2c(C)nc(-c3cccnc3)[nH]c2=O)cc1. The molecule has 4 rings (SSSR count). The fourth-order valence-corrected chi connectivity index (χ4v) is 4.29. The minimum atomic E-state index is -0.277. The lowest BCUT2D eigenvalue weighted by molar-refractivity contribution is -0.133. The van der Waals surface area contributed by atoms with E-state index in [9.17, 15) is 9.59 Å². The summed E-state index contributed by atoms with van der Waals surface area (Å²) in [4.78, 5) is 39.6. The number of benzene rings is 1. The Hall–Kier alpha value is -3.48. The van der Waals surface area contributed by atoms with Crippen molar-refractivity contribution in [2.45, 2.75) is 45.1 Å². The third-order valence-electron chi connectivity index (χ3n) is 6.06. The molecule has 1 aromatic carbocycles. The summed E-state index contributed by atoms with van der Waals surface area (Å²) in [5.41, 5.74) is 2.53. The molecule has 0 saturated carbocycles. The van der Waals surface area contributed by atoms with Gasteiger partial charge in [0.25, 0.3) is 5.56 Å². The van der Waals surface area contributed by atoms with Crippen molar-refractivity contribution >= 4 is 5.91 Å². The van der Waals surface area contributed by atoms with E-state index in [1.807, 2.05) is 35.2 Å². The van der Waals surface area contributed by atoms with Crippen LogP contribution < -0.4 is 10.3 Å². The van der Waals surface area contributed by atoms with E-state index in [0.717, 1.165) is 42.6 Å². The van der Waals surface area contributed by atoms with Crippen molar-refractivity contribution in [3.05, 3.63) is 76.0 Å². The van der Waals surface area contributed by atoms with Gasteiger partial charge in [0.15, 0.2) is 0 Å². The van der Waals surface area contributed by atoms with E-state index >= 15 is 0 Å². The average molecular weight is 433 g/mol. The second-order valence-electron chi connectivity index (χ2n) is 8.12. The Kier molecular flexibility index (Phi) is 6.63. The molecule has 2 aromatic heterocycles. The minimum absolute atomic E-state index is 0.00193. The van der Waals surface area contributed by atoms with Crippen LogP contribution in [0.3, 0.4) is 0 Å². The first-order valence-corrected chi connectivity index (χ1v) is 11.0. The van der Waals surface area contributed by atoms with E-state index in [1.165, 1.54) is 0 Å². The van der Waals surface area contributed by atoms with Crippen molar-refractivity contribution in [2.75, 3.05) is 13.7 Å². The number of H-pyrrole nitrogens is 1. The third kappa shape index (κ3) is 4.72. The molecule has 0 spiro atoms. The number of likely N-dealkylation sites (tertiary alicyclic amines) is 1. The fraction of sp³-hybridized carbons (Fsp3) is 0.360. The maximum Gasteiger partial charge on any atom is 0.255 e. The van der Waals surface area contributed by atoms with Gasteiger partial charge in [0.2, 0.25) is 5.91 Å². The van der Waals surface area contributed by atoms with Crippen LogP contribution in [0, 0.1) is 6.92 Å². The number of aromatic amines is 1. The molecule has 1 saturated heterocycles. The van der Waals surface area contributed by atoms with E-state index in [1.54, 1.807) is 32.5 Å².